The van der Waals surface area contributed by atoms with E-state index in [0.29, 0.717) is 6.42 Å². The maximum atomic E-state index is 11.8. The number of benzene rings is 1. The standard InChI is InChI=1S/C15H22N2O3S/c1-3-4-9-21(19,20)16-10-15(18)13-11-17(2)14-8-6-5-7-12(13)14/h5-8,11,15-16,18H,3-4,9-10H2,1-2H3. The van der Waals surface area contributed by atoms with Crippen LogP contribution in [0.15, 0.2) is 30.5 Å². The number of unbranched alkanes of at least 4 members (excludes halogenated alkanes) is 1. The number of nitrogens with zero attached hydrogens (tertiary/aromatic N) is 1. The minimum absolute atomic E-state index is 0.0000548. The van der Waals surface area contributed by atoms with Gasteiger partial charge in [-0.05, 0) is 12.5 Å². The Balaban J connectivity index is 2.11. The van der Waals surface area contributed by atoms with Gasteiger partial charge in [0.25, 0.3) is 0 Å². The molecule has 2 aromatic rings. The molecule has 2 N–H and O–H groups in total. The number of aliphatic hydroxyl groups excluding tert-OH is 1. The van der Waals surface area contributed by atoms with Gasteiger partial charge in [-0.15, -0.1) is 0 Å². The van der Waals surface area contributed by atoms with Gasteiger partial charge in [-0.25, -0.2) is 13.1 Å². The normalized spacial score (nSPS) is 13.7. The van der Waals surface area contributed by atoms with Gasteiger partial charge in [-0.1, -0.05) is 31.5 Å². The number of aryl methyl sites for hydroxylation is 1. The van der Waals surface area contributed by atoms with Gasteiger partial charge in [0.2, 0.25) is 10.0 Å². The monoisotopic (exact) mass is 310 g/mol. The summed E-state index contributed by atoms with van der Waals surface area (Å²) < 4.78 is 27.9. The number of para-hydroxylation sites is 1. The van der Waals surface area contributed by atoms with E-state index < -0.39 is 16.1 Å². The van der Waals surface area contributed by atoms with Crippen LogP contribution in [-0.4, -0.2) is 30.4 Å². The van der Waals surface area contributed by atoms with Crippen molar-refractivity contribution in [2.75, 3.05) is 12.3 Å². The average Bonchev–Trinajstić information content (AvgIpc) is 2.81. The molecule has 0 aliphatic carbocycles. The van der Waals surface area contributed by atoms with E-state index in [2.05, 4.69) is 4.72 Å². The first-order chi connectivity index (χ1) is 9.94. The lowest BCUT2D eigenvalue weighted by Gasteiger charge is -2.11. The van der Waals surface area contributed by atoms with Gasteiger partial charge in [0.05, 0.1) is 11.9 Å². The van der Waals surface area contributed by atoms with Crippen LogP contribution in [-0.2, 0) is 17.1 Å². The third kappa shape index (κ3) is 3.84. The van der Waals surface area contributed by atoms with Gasteiger partial charge in [0.15, 0.2) is 0 Å². The second-order valence-electron chi connectivity index (χ2n) is 5.25. The van der Waals surface area contributed by atoms with Gasteiger partial charge in [0, 0.05) is 36.3 Å². The Kier molecular flexibility index (Phi) is 5.03. The largest absolute Gasteiger partial charge is 0.387 e. The van der Waals surface area contributed by atoms with Gasteiger partial charge in [0.1, 0.15) is 0 Å². The molecule has 21 heavy (non-hydrogen) atoms. The van der Waals surface area contributed by atoms with E-state index in [1.807, 2.05) is 49.0 Å². The summed E-state index contributed by atoms with van der Waals surface area (Å²) in [5.41, 5.74) is 1.76. The molecule has 0 amide bonds. The zero-order valence-corrected chi connectivity index (χ0v) is 13.2. The average molecular weight is 310 g/mol. The van der Waals surface area contributed by atoms with Crippen molar-refractivity contribution in [3.63, 3.8) is 0 Å². The molecule has 0 aliphatic heterocycles. The molecule has 0 fully saturated rings. The Labute approximate surface area is 125 Å². The zero-order valence-electron chi connectivity index (χ0n) is 12.4. The Bertz CT molecular complexity index is 707. The third-order valence-electron chi connectivity index (χ3n) is 3.55. The van der Waals surface area contributed by atoms with E-state index in [1.54, 1.807) is 0 Å². The fourth-order valence-corrected chi connectivity index (χ4v) is 3.59. The van der Waals surface area contributed by atoms with Crippen LogP contribution in [0.3, 0.4) is 0 Å². The second kappa shape index (κ2) is 6.60. The molecule has 0 aliphatic rings. The minimum Gasteiger partial charge on any atom is -0.387 e. The lowest BCUT2D eigenvalue weighted by Crippen LogP contribution is -2.30. The van der Waals surface area contributed by atoms with Crippen molar-refractivity contribution < 1.29 is 13.5 Å². The summed E-state index contributed by atoms with van der Waals surface area (Å²) in [5, 5.41) is 11.2. The lowest BCUT2D eigenvalue weighted by atomic mass is 10.1. The van der Waals surface area contributed by atoms with Crippen molar-refractivity contribution in [2.24, 2.45) is 7.05 Å². The van der Waals surface area contributed by atoms with E-state index in [1.165, 1.54) is 0 Å². The summed E-state index contributed by atoms with van der Waals surface area (Å²) in [7, 11) is -1.40. The maximum absolute atomic E-state index is 11.8. The molecule has 0 radical (unpaired) electrons. The first-order valence-corrected chi connectivity index (χ1v) is 8.79. The highest BCUT2D eigenvalue weighted by Crippen LogP contribution is 2.25. The summed E-state index contributed by atoms with van der Waals surface area (Å²) in [6.45, 7) is 1.94. The van der Waals surface area contributed by atoms with E-state index in [4.69, 9.17) is 0 Å². The Morgan fingerprint density at radius 2 is 2.05 bits per heavy atom. The van der Waals surface area contributed by atoms with Crippen LogP contribution in [0.2, 0.25) is 0 Å². The molecule has 1 heterocycles. The zero-order chi connectivity index (χ0) is 15.5. The summed E-state index contributed by atoms with van der Waals surface area (Å²) in [5.74, 6) is 0.103. The first kappa shape index (κ1) is 16.0. The number of rotatable bonds is 7. The Morgan fingerprint density at radius 3 is 2.76 bits per heavy atom. The first-order valence-electron chi connectivity index (χ1n) is 7.14. The fourth-order valence-electron chi connectivity index (χ4n) is 2.36. The summed E-state index contributed by atoms with van der Waals surface area (Å²) in [6, 6.07) is 7.74. The molecule has 0 saturated heterocycles. The van der Waals surface area contributed by atoms with E-state index in [9.17, 15) is 13.5 Å². The minimum atomic E-state index is -3.31. The van der Waals surface area contributed by atoms with Gasteiger partial charge in [-0.3, -0.25) is 0 Å². The van der Waals surface area contributed by atoms with E-state index >= 15 is 0 Å². The highest BCUT2D eigenvalue weighted by atomic mass is 32.2. The van der Waals surface area contributed by atoms with Crippen LogP contribution in [0.5, 0.6) is 0 Å². The molecule has 1 atom stereocenters. The van der Waals surface area contributed by atoms with Crippen molar-refractivity contribution in [2.45, 2.75) is 25.9 Å². The Hall–Kier alpha value is -1.37. The number of aliphatic hydroxyl groups is 1. The van der Waals surface area contributed by atoms with Gasteiger partial charge >= 0.3 is 0 Å². The smallest absolute Gasteiger partial charge is 0.211 e. The Morgan fingerprint density at radius 1 is 1.33 bits per heavy atom. The molecule has 1 aromatic carbocycles. The lowest BCUT2D eigenvalue weighted by molar-refractivity contribution is 0.183. The highest BCUT2D eigenvalue weighted by molar-refractivity contribution is 7.89. The van der Waals surface area contributed by atoms with Crippen molar-refractivity contribution in [3.05, 3.63) is 36.0 Å². The van der Waals surface area contributed by atoms with Crippen LogP contribution in [0.1, 0.15) is 31.4 Å². The van der Waals surface area contributed by atoms with Gasteiger partial charge in [-0.2, -0.15) is 0 Å². The second-order valence-corrected chi connectivity index (χ2v) is 7.18. The van der Waals surface area contributed by atoms with Crippen LogP contribution in [0.4, 0.5) is 0 Å². The summed E-state index contributed by atoms with van der Waals surface area (Å²) in [6.07, 6.45) is 2.44. The predicted molar refractivity (Wildman–Crippen MR) is 84.6 cm³/mol. The molecule has 5 nitrogen and oxygen atoms in total. The summed E-state index contributed by atoms with van der Waals surface area (Å²) in [4.78, 5) is 0. The number of hydrogen-bond donors (Lipinski definition) is 2. The quantitative estimate of drug-likeness (QED) is 0.821. The van der Waals surface area contributed by atoms with Crippen LogP contribution in [0.25, 0.3) is 10.9 Å². The molecule has 1 aromatic heterocycles. The number of aromatic nitrogens is 1. The van der Waals surface area contributed by atoms with Crippen LogP contribution >= 0.6 is 0 Å². The number of fused-ring (bicyclic) bond motifs is 1. The highest BCUT2D eigenvalue weighted by Gasteiger charge is 2.17. The molecule has 116 valence electrons. The van der Waals surface area contributed by atoms with E-state index in [-0.39, 0.29) is 12.3 Å². The van der Waals surface area contributed by atoms with Crippen molar-refractivity contribution in [1.29, 1.82) is 0 Å². The van der Waals surface area contributed by atoms with E-state index in [0.717, 1.165) is 22.9 Å². The molecule has 6 heteroatoms. The molecular weight excluding hydrogens is 288 g/mol. The third-order valence-corrected chi connectivity index (χ3v) is 4.98. The number of sulfonamides is 1. The number of hydrogen-bond acceptors (Lipinski definition) is 3. The van der Waals surface area contributed by atoms with Crippen molar-refractivity contribution in [1.82, 2.24) is 9.29 Å². The molecule has 2 rings (SSSR count). The SMILES string of the molecule is CCCCS(=O)(=O)NCC(O)c1cn(C)c2ccccc12. The molecule has 0 spiro atoms. The maximum Gasteiger partial charge on any atom is 0.211 e. The van der Waals surface area contributed by atoms with Crippen molar-refractivity contribution >= 4 is 20.9 Å². The molecule has 0 saturated carbocycles. The fraction of sp³-hybridized carbons (Fsp3) is 0.467. The number of nitrogens with one attached hydrogen (secondary N) is 1. The van der Waals surface area contributed by atoms with Gasteiger partial charge < -0.3 is 9.67 Å². The summed E-state index contributed by atoms with van der Waals surface area (Å²) >= 11 is 0. The molecule has 0 bridgehead atoms. The predicted octanol–water partition coefficient (Wildman–Crippen LogP) is 1.93. The molecule has 1 unspecified atom stereocenters. The van der Waals surface area contributed by atoms with Crippen molar-refractivity contribution in [3.8, 4) is 0 Å². The van der Waals surface area contributed by atoms with Crippen LogP contribution < -0.4 is 4.72 Å². The van der Waals surface area contributed by atoms with Crippen LogP contribution in [0, 0.1) is 0 Å². The topological polar surface area (TPSA) is 71.3 Å². The molecular formula is C15H22N2O3S.